The van der Waals surface area contributed by atoms with Gasteiger partial charge in [-0.25, -0.2) is 9.97 Å². The van der Waals surface area contributed by atoms with Crippen LogP contribution in [-0.4, -0.2) is 22.6 Å². The molecule has 88 valence electrons. The molecular weight excluding hydrogens is 200 g/mol. The van der Waals surface area contributed by atoms with Gasteiger partial charge in [-0.2, -0.15) is 0 Å². The van der Waals surface area contributed by atoms with Crippen molar-refractivity contribution < 1.29 is 0 Å². The van der Waals surface area contributed by atoms with E-state index in [-0.39, 0.29) is 6.04 Å². The fraction of sp³-hybridized carbons (Fsp3) is 0.667. The van der Waals surface area contributed by atoms with Gasteiger partial charge in [-0.05, 0) is 32.1 Å². The number of nitrogens with zero attached hydrogens (tertiary/aromatic N) is 2. The molecule has 4 nitrogen and oxygen atoms in total. The van der Waals surface area contributed by atoms with Crippen molar-refractivity contribution in [1.82, 2.24) is 9.97 Å². The lowest BCUT2D eigenvalue weighted by Gasteiger charge is -2.12. The van der Waals surface area contributed by atoms with Gasteiger partial charge in [-0.15, -0.1) is 0 Å². The quantitative estimate of drug-likeness (QED) is 0.789. The van der Waals surface area contributed by atoms with Crippen LogP contribution in [0.2, 0.25) is 0 Å². The van der Waals surface area contributed by atoms with E-state index in [4.69, 9.17) is 5.73 Å². The summed E-state index contributed by atoms with van der Waals surface area (Å²) in [7, 11) is 0. The molecule has 0 amide bonds. The predicted octanol–water partition coefficient (Wildman–Crippen LogP) is 1.50. The fourth-order valence-electron chi connectivity index (χ4n) is 1.81. The van der Waals surface area contributed by atoms with Crippen LogP contribution in [0, 0.1) is 12.8 Å². The van der Waals surface area contributed by atoms with Crippen molar-refractivity contribution in [2.75, 3.05) is 11.9 Å². The number of nitrogens with two attached hydrogens (primary N) is 1. The van der Waals surface area contributed by atoms with Crippen molar-refractivity contribution in [3.05, 3.63) is 17.6 Å². The van der Waals surface area contributed by atoms with E-state index >= 15 is 0 Å². The Balaban J connectivity index is 1.94. The average Bonchev–Trinajstić information content (AvgIpc) is 3.08. The SMILES string of the molecule is CCc1cc(NCC(N)C2CC2)nc(C)n1. The highest BCUT2D eigenvalue weighted by Gasteiger charge is 2.28. The second-order valence-electron chi connectivity index (χ2n) is 4.53. The minimum Gasteiger partial charge on any atom is -0.368 e. The molecule has 1 aliphatic carbocycles. The van der Waals surface area contributed by atoms with E-state index in [0.29, 0.717) is 0 Å². The number of hydrogen-bond donors (Lipinski definition) is 2. The Morgan fingerprint density at radius 3 is 2.88 bits per heavy atom. The molecule has 1 aromatic rings. The molecule has 1 unspecified atom stereocenters. The Bertz CT molecular complexity index is 360. The molecule has 1 aromatic heterocycles. The van der Waals surface area contributed by atoms with Crippen LogP contribution in [0.1, 0.15) is 31.3 Å². The van der Waals surface area contributed by atoms with Crippen molar-refractivity contribution >= 4 is 5.82 Å². The minimum absolute atomic E-state index is 0.264. The monoisotopic (exact) mass is 220 g/mol. The molecule has 0 aromatic carbocycles. The largest absolute Gasteiger partial charge is 0.368 e. The van der Waals surface area contributed by atoms with E-state index in [1.165, 1.54) is 12.8 Å². The Morgan fingerprint density at radius 2 is 2.25 bits per heavy atom. The van der Waals surface area contributed by atoms with Crippen molar-refractivity contribution in [2.24, 2.45) is 11.7 Å². The van der Waals surface area contributed by atoms with Gasteiger partial charge in [0.05, 0.1) is 0 Å². The Labute approximate surface area is 96.7 Å². The Morgan fingerprint density at radius 1 is 1.50 bits per heavy atom. The third-order valence-electron chi connectivity index (χ3n) is 3.00. The van der Waals surface area contributed by atoms with Crippen molar-refractivity contribution in [3.8, 4) is 0 Å². The van der Waals surface area contributed by atoms with Crippen LogP contribution in [0.15, 0.2) is 6.07 Å². The molecule has 3 N–H and O–H groups in total. The first kappa shape index (κ1) is 11.3. The van der Waals surface area contributed by atoms with Crippen molar-refractivity contribution in [3.63, 3.8) is 0 Å². The van der Waals surface area contributed by atoms with Crippen molar-refractivity contribution in [1.29, 1.82) is 0 Å². The summed E-state index contributed by atoms with van der Waals surface area (Å²) in [6.07, 6.45) is 3.50. The number of nitrogens with one attached hydrogen (secondary N) is 1. The first-order chi connectivity index (χ1) is 7.69. The lowest BCUT2D eigenvalue weighted by molar-refractivity contribution is 0.619. The summed E-state index contributed by atoms with van der Waals surface area (Å²) in [5.41, 5.74) is 7.11. The van der Waals surface area contributed by atoms with Crippen LogP contribution in [0.25, 0.3) is 0 Å². The van der Waals surface area contributed by atoms with E-state index in [2.05, 4.69) is 22.2 Å². The zero-order valence-electron chi connectivity index (χ0n) is 10.0. The molecule has 0 spiro atoms. The zero-order chi connectivity index (χ0) is 11.5. The molecule has 0 radical (unpaired) electrons. The molecule has 0 saturated heterocycles. The van der Waals surface area contributed by atoms with E-state index in [1.807, 2.05) is 13.0 Å². The van der Waals surface area contributed by atoms with Gasteiger partial charge in [0.15, 0.2) is 0 Å². The molecule has 0 aliphatic heterocycles. The summed E-state index contributed by atoms with van der Waals surface area (Å²) in [4.78, 5) is 8.70. The number of rotatable bonds is 5. The second-order valence-corrected chi connectivity index (χ2v) is 4.53. The molecule has 1 atom stereocenters. The number of hydrogen-bond acceptors (Lipinski definition) is 4. The maximum Gasteiger partial charge on any atom is 0.129 e. The highest BCUT2D eigenvalue weighted by Crippen LogP contribution is 2.31. The lowest BCUT2D eigenvalue weighted by Crippen LogP contribution is -2.31. The van der Waals surface area contributed by atoms with E-state index in [0.717, 1.165) is 36.2 Å². The topological polar surface area (TPSA) is 63.8 Å². The lowest BCUT2D eigenvalue weighted by atomic mass is 10.2. The molecule has 1 aliphatic rings. The van der Waals surface area contributed by atoms with Gasteiger partial charge in [0.1, 0.15) is 11.6 Å². The van der Waals surface area contributed by atoms with Gasteiger partial charge in [0.25, 0.3) is 0 Å². The molecule has 16 heavy (non-hydrogen) atoms. The summed E-state index contributed by atoms with van der Waals surface area (Å²) >= 11 is 0. The molecule has 1 heterocycles. The normalized spacial score (nSPS) is 17.2. The highest BCUT2D eigenvalue weighted by molar-refractivity contribution is 5.36. The standard InChI is InChI=1S/C12H20N4/c1-3-10-6-12(16-8(2)15-10)14-7-11(13)9-4-5-9/h6,9,11H,3-5,7,13H2,1-2H3,(H,14,15,16). The third kappa shape index (κ3) is 2.92. The minimum atomic E-state index is 0.264. The van der Waals surface area contributed by atoms with Crippen LogP contribution in [0.3, 0.4) is 0 Å². The van der Waals surface area contributed by atoms with Crippen LogP contribution in [0.4, 0.5) is 5.82 Å². The molecule has 2 rings (SSSR count). The van der Waals surface area contributed by atoms with E-state index in [9.17, 15) is 0 Å². The summed E-state index contributed by atoms with van der Waals surface area (Å²) in [6, 6.07) is 2.27. The summed E-state index contributed by atoms with van der Waals surface area (Å²) < 4.78 is 0. The first-order valence-electron chi connectivity index (χ1n) is 6.03. The maximum absolute atomic E-state index is 6.03. The van der Waals surface area contributed by atoms with Crippen LogP contribution >= 0.6 is 0 Å². The van der Waals surface area contributed by atoms with Gasteiger partial charge in [-0.1, -0.05) is 6.92 Å². The Kier molecular flexibility index (Phi) is 3.39. The van der Waals surface area contributed by atoms with Crippen LogP contribution in [0.5, 0.6) is 0 Å². The predicted molar refractivity (Wildman–Crippen MR) is 65.3 cm³/mol. The molecule has 1 saturated carbocycles. The second kappa shape index (κ2) is 4.78. The number of anilines is 1. The van der Waals surface area contributed by atoms with Crippen LogP contribution < -0.4 is 11.1 Å². The average molecular weight is 220 g/mol. The smallest absolute Gasteiger partial charge is 0.129 e. The Hall–Kier alpha value is -1.16. The van der Waals surface area contributed by atoms with Gasteiger partial charge in [0.2, 0.25) is 0 Å². The number of aromatic nitrogens is 2. The fourth-order valence-corrected chi connectivity index (χ4v) is 1.81. The van der Waals surface area contributed by atoms with Crippen molar-refractivity contribution in [2.45, 2.75) is 39.2 Å². The number of aryl methyl sites for hydroxylation is 2. The summed E-state index contributed by atoms with van der Waals surface area (Å²) in [5, 5.41) is 3.31. The molecular formula is C12H20N4. The van der Waals surface area contributed by atoms with Gasteiger partial charge in [-0.3, -0.25) is 0 Å². The van der Waals surface area contributed by atoms with E-state index in [1.54, 1.807) is 0 Å². The first-order valence-corrected chi connectivity index (χ1v) is 6.03. The summed E-state index contributed by atoms with van der Waals surface area (Å²) in [6.45, 7) is 4.83. The molecule has 0 bridgehead atoms. The zero-order valence-corrected chi connectivity index (χ0v) is 10.0. The van der Waals surface area contributed by atoms with E-state index < -0.39 is 0 Å². The van der Waals surface area contributed by atoms with Gasteiger partial charge < -0.3 is 11.1 Å². The van der Waals surface area contributed by atoms with Crippen LogP contribution in [-0.2, 0) is 6.42 Å². The maximum atomic E-state index is 6.03. The molecule has 1 fully saturated rings. The van der Waals surface area contributed by atoms with Gasteiger partial charge >= 0.3 is 0 Å². The third-order valence-corrected chi connectivity index (χ3v) is 3.00. The van der Waals surface area contributed by atoms with Gasteiger partial charge in [0, 0.05) is 24.3 Å². The molecule has 4 heteroatoms. The highest BCUT2D eigenvalue weighted by atomic mass is 15.0. The summed E-state index contributed by atoms with van der Waals surface area (Å²) in [5.74, 6) is 2.45.